The van der Waals surface area contributed by atoms with Crippen molar-refractivity contribution in [3.63, 3.8) is 0 Å². The first-order valence-electron chi connectivity index (χ1n) is 7.20. The molecule has 0 heterocycles. The van der Waals surface area contributed by atoms with Crippen LogP contribution in [0.25, 0.3) is 0 Å². The van der Waals surface area contributed by atoms with Crippen LogP contribution in [0.5, 0.6) is 0 Å². The quantitative estimate of drug-likeness (QED) is 0.870. The van der Waals surface area contributed by atoms with Gasteiger partial charge in [-0.15, -0.1) is 0 Å². The summed E-state index contributed by atoms with van der Waals surface area (Å²) in [5.41, 5.74) is -1.04. The van der Waals surface area contributed by atoms with Crippen molar-refractivity contribution in [1.29, 1.82) is 0 Å². The Morgan fingerprint density at radius 3 is 2.48 bits per heavy atom. The van der Waals surface area contributed by atoms with Gasteiger partial charge >= 0.3 is 5.97 Å². The summed E-state index contributed by atoms with van der Waals surface area (Å²) in [6.07, 6.45) is 0.137. The monoisotopic (exact) mass is 295 g/mol. The van der Waals surface area contributed by atoms with Crippen molar-refractivity contribution in [3.8, 4) is 0 Å². The Morgan fingerprint density at radius 2 is 1.95 bits per heavy atom. The topological polar surface area (TPSA) is 49.3 Å². The highest BCUT2D eigenvalue weighted by Gasteiger charge is 2.91. The number of anilines is 1. The molecule has 3 aliphatic carbocycles. The van der Waals surface area contributed by atoms with Gasteiger partial charge in [-0.3, -0.25) is 4.79 Å². The number of para-hydroxylation sites is 1. The van der Waals surface area contributed by atoms with E-state index in [1.165, 1.54) is 0 Å². The molecule has 0 radical (unpaired) electrons. The minimum atomic E-state index is -3.11. The largest absolute Gasteiger partial charge is 0.481 e. The van der Waals surface area contributed by atoms with Gasteiger partial charge in [-0.1, -0.05) is 32.0 Å². The van der Waals surface area contributed by atoms with E-state index in [0.29, 0.717) is 5.92 Å². The zero-order valence-corrected chi connectivity index (χ0v) is 12.1. The molecule has 3 aliphatic rings. The van der Waals surface area contributed by atoms with Crippen LogP contribution in [0, 0.1) is 10.8 Å². The molecule has 114 valence electrons. The van der Waals surface area contributed by atoms with E-state index in [1.807, 2.05) is 24.3 Å². The van der Waals surface area contributed by atoms with Crippen molar-refractivity contribution in [2.75, 3.05) is 11.9 Å². The number of rotatable bonds is 5. The number of alkyl halides is 2. The molecule has 0 unspecified atom stereocenters. The van der Waals surface area contributed by atoms with Gasteiger partial charge in [0.15, 0.2) is 0 Å². The van der Waals surface area contributed by atoms with Crippen LogP contribution in [0.3, 0.4) is 0 Å². The van der Waals surface area contributed by atoms with Crippen molar-refractivity contribution in [3.05, 3.63) is 29.8 Å². The highest BCUT2D eigenvalue weighted by atomic mass is 19.3. The van der Waals surface area contributed by atoms with E-state index in [0.717, 1.165) is 11.3 Å². The molecule has 2 bridgehead atoms. The number of aliphatic carboxylic acids is 1. The Hall–Kier alpha value is -1.65. The second-order valence-electron chi connectivity index (χ2n) is 6.69. The molecule has 0 aliphatic heterocycles. The van der Waals surface area contributed by atoms with Gasteiger partial charge in [0, 0.05) is 12.2 Å². The van der Waals surface area contributed by atoms with Crippen LogP contribution in [0.2, 0.25) is 0 Å². The Bertz CT molecular complexity index is 592. The molecule has 1 aromatic carbocycles. The van der Waals surface area contributed by atoms with Crippen molar-refractivity contribution in [2.24, 2.45) is 10.8 Å². The third-order valence-electron chi connectivity index (χ3n) is 5.16. The Balaban J connectivity index is 1.73. The molecule has 21 heavy (non-hydrogen) atoms. The Kier molecular flexibility index (Phi) is 2.85. The molecule has 5 heteroatoms. The average molecular weight is 295 g/mol. The predicted molar refractivity (Wildman–Crippen MR) is 75.7 cm³/mol. The van der Waals surface area contributed by atoms with Gasteiger partial charge in [0.25, 0.3) is 5.92 Å². The summed E-state index contributed by atoms with van der Waals surface area (Å²) < 4.78 is 28.2. The normalized spacial score (nSPS) is 32.2. The van der Waals surface area contributed by atoms with Crippen LogP contribution in [0.15, 0.2) is 24.3 Å². The molecule has 0 spiro atoms. The highest BCUT2D eigenvalue weighted by molar-refractivity contribution is 5.82. The smallest absolute Gasteiger partial charge is 0.315 e. The summed E-state index contributed by atoms with van der Waals surface area (Å²) in [4.78, 5) is 11.0. The fourth-order valence-electron chi connectivity index (χ4n) is 3.79. The number of carbonyl (C=O) groups is 1. The van der Waals surface area contributed by atoms with Crippen molar-refractivity contribution < 1.29 is 18.7 Å². The number of hydrogen-bond donors (Lipinski definition) is 2. The van der Waals surface area contributed by atoms with Crippen molar-refractivity contribution >= 4 is 11.7 Å². The second kappa shape index (κ2) is 4.18. The summed E-state index contributed by atoms with van der Waals surface area (Å²) in [6, 6.07) is 7.65. The summed E-state index contributed by atoms with van der Waals surface area (Å²) in [6.45, 7) is 4.23. The van der Waals surface area contributed by atoms with Crippen LogP contribution in [0.1, 0.15) is 38.2 Å². The van der Waals surface area contributed by atoms with E-state index >= 15 is 0 Å². The van der Waals surface area contributed by atoms with Gasteiger partial charge in [0.2, 0.25) is 0 Å². The molecular weight excluding hydrogens is 276 g/mol. The first kappa shape index (κ1) is 14.3. The zero-order valence-electron chi connectivity index (χ0n) is 12.1. The lowest BCUT2D eigenvalue weighted by molar-refractivity contribution is -0.391. The average Bonchev–Trinajstić information content (AvgIpc) is 2.37. The third-order valence-corrected chi connectivity index (χ3v) is 5.16. The first-order valence-corrected chi connectivity index (χ1v) is 7.20. The minimum Gasteiger partial charge on any atom is -0.481 e. The van der Waals surface area contributed by atoms with Gasteiger partial charge in [0.1, 0.15) is 5.41 Å². The molecule has 3 fully saturated rings. The fourth-order valence-corrected chi connectivity index (χ4v) is 3.79. The maximum absolute atomic E-state index is 14.1. The van der Waals surface area contributed by atoms with Crippen LogP contribution in [-0.4, -0.2) is 23.5 Å². The van der Waals surface area contributed by atoms with Gasteiger partial charge in [0.05, 0.1) is 5.41 Å². The van der Waals surface area contributed by atoms with Crippen LogP contribution < -0.4 is 5.32 Å². The van der Waals surface area contributed by atoms with Crippen LogP contribution in [-0.2, 0) is 4.79 Å². The van der Waals surface area contributed by atoms with E-state index in [2.05, 4.69) is 19.2 Å². The lowest BCUT2D eigenvalue weighted by Crippen LogP contribution is -2.83. The van der Waals surface area contributed by atoms with E-state index in [4.69, 9.17) is 5.11 Å². The van der Waals surface area contributed by atoms with Crippen LogP contribution in [0.4, 0.5) is 14.5 Å². The third kappa shape index (κ3) is 1.60. The molecule has 4 rings (SSSR count). The summed E-state index contributed by atoms with van der Waals surface area (Å²) in [5, 5.41) is 12.1. The van der Waals surface area contributed by atoms with E-state index in [9.17, 15) is 13.6 Å². The maximum Gasteiger partial charge on any atom is 0.315 e. The van der Waals surface area contributed by atoms with Gasteiger partial charge in [-0.2, -0.15) is 0 Å². The molecule has 0 saturated heterocycles. The van der Waals surface area contributed by atoms with Gasteiger partial charge < -0.3 is 10.4 Å². The number of carboxylic acid groups (broad SMARTS) is 1. The molecule has 3 nitrogen and oxygen atoms in total. The number of nitrogens with one attached hydrogen (secondary N) is 1. The number of hydrogen-bond acceptors (Lipinski definition) is 2. The molecule has 3 saturated carbocycles. The number of carboxylic acids is 1. The highest BCUT2D eigenvalue weighted by Crippen LogP contribution is 2.81. The number of benzene rings is 1. The maximum atomic E-state index is 14.1. The van der Waals surface area contributed by atoms with E-state index in [-0.39, 0.29) is 19.4 Å². The van der Waals surface area contributed by atoms with Crippen molar-refractivity contribution in [1.82, 2.24) is 0 Å². The molecule has 2 N–H and O–H groups in total. The summed E-state index contributed by atoms with van der Waals surface area (Å²) in [5.74, 6) is -4.17. The number of halogens is 2. The molecule has 0 amide bonds. The summed E-state index contributed by atoms with van der Waals surface area (Å²) in [7, 11) is 0. The fraction of sp³-hybridized carbons (Fsp3) is 0.562. The predicted octanol–water partition coefficient (Wildman–Crippen LogP) is 3.72. The minimum absolute atomic E-state index is 0.0686. The second-order valence-corrected chi connectivity index (χ2v) is 6.69. The first-order chi connectivity index (χ1) is 9.76. The zero-order chi connectivity index (χ0) is 15.5. The Morgan fingerprint density at radius 1 is 1.33 bits per heavy atom. The molecule has 0 aromatic heterocycles. The van der Waals surface area contributed by atoms with Gasteiger partial charge in [-0.05, 0) is 30.4 Å². The standard InChI is InChI=1S/C16H19F2NO2/c1-10(2)11-5-3-4-6-12(11)19-9-14-7-15(8-14,13(20)21)16(14,17)18/h3-6,10,19H,7-9H2,1-2H3,(H,20,21). The molecule has 1 aromatic rings. The SMILES string of the molecule is CC(C)c1ccccc1NCC12CC(C(=O)O)(C1)C2(F)F. The van der Waals surface area contributed by atoms with E-state index in [1.54, 1.807) is 0 Å². The lowest BCUT2D eigenvalue weighted by atomic mass is 9.32. The van der Waals surface area contributed by atoms with Crippen LogP contribution >= 0.6 is 0 Å². The Labute approximate surface area is 122 Å². The lowest BCUT2D eigenvalue weighted by Gasteiger charge is -2.72. The van der Waals surface area contributed by atoms with Gasteiger partial charge in [-0.25, -0.2) is 8.78 Å². The molecular formula is C16H19F2NO2. The molecule has 0 atom stereocenters. The van der Waals surface area contributed by atoms with Crippen molar-refractivity contribution in [2.45, 2.75) is 38.5 Å². The van der Waals surface area contributed by atoms with E-state index < -0.39 is 22.7 Å². The summed E-state index contributed by atoms with van der Waals surface area (Å²) >= 11 is 0.